The van der Waals surface area contributed by atoms with Gasteiger partial charge in [0.2, 0.25) is 11.9 Å². The third-order valence-corrected chi connectivity index (χ3v) is 3.47. The molecule has 0 radical (unpaired) electrons. The molecule has 8 nitrogen and oxygen atoms in total. The maximum Gasteiger partial charge on any atom is 0.251 e. The van der Waals surface area contributed by atoms with Crippen LogP contribution >= 0.6 is 0 Å². The predicted octanol–water partition coefficient (Wildman–Crippen LogP) is 0.809. The molecule has 3 N–H and O–H groups in total. The first kappa shape index (κ1) is 19.2. The van der Waals surface area contributed by atoms with Crippen molar-refractivity contribution in [1.29, 1.82) is 0 Å². The number of nitrogens with one attached hydrogen (secondary N) is 3. The van der Waals surface area contributed by atoms with Gasteiger partial charge < -0.3 is 20.9 Å². The average molecular weight is 356 g/mol. The molecule has 138 valence electrons. The van der Waals surface area contributed by atoms with Crippen LogP contribution in [0.15, 0.2) is 36.4 Å². The van der Waals surface area contributed by atoms with Crippen LogP contribution in [0.2, 0.25) is 0 Å². The third kappa shape index (κ3) is 6.04. The van der Waals surface area contributed by atoms with Crippen LogP contribution in [-0.2, 0) is 4.79 Å². The van der Waals surface area contributed by atoms with Crippen molar-refractivity contribution in [2.75, 3.05) is 43.9 Å². The molecule has 0 unspecified atom stereocenters. The Morgan fingerprint density at radius 1 is 1.04 bits per heavy atom. The van der Waals surface area contributed by atoms with Crippen LogP contribution in [0, 0.1) is 6.92 Å². The van der Waals surface area contributed by atoms with Crippen LogP contribution < -0.4 is 20.9 Å². The summed E-state index contributed by atoms with van der Waals surface area (Å²) in [5.41, 5.74) is 1.38. The minimum Gasteiger partial charge on any atom is -0.363 e. The molecular weight excluding hydrogens is 332 g/mol. The first-order valence-electron chi connectivity index (χ1n) is 8.32. The van der Waals surface area contributed by atoms with Crippen LogP contribution in [0.3, 0.4) is 0 Å². The van der Waals surface area contributed by atoms with E-state index in [-0.39, 0.29) is 18.4 Å². The highest BCUT2D eigenvalue weighted by molar-refractivity contribution is 5.96. The first-order chi connectivity index (χ1) is 12.5. The van der Waals surface area contributed by atoms with Gasteiger partial charge in [0, 0.05) is 44.5 Å². The Balaban J connectivity index is 1.70. The summed E-state index contributed by atoms with van der Waals surface area (Å²) in [6, 6.07) is 10.7. The van der Waals surface area contributed by atoms with Gasteiger partial charge in [-0.3, -0.25) is 9.59 Å². The summed E-state index contributed by atoms with van der Waals surface area (Å²) in [6.45, 7) is 2.71. The summed E-state index contributed by atoms with van der Waals surface area (Å²) >= 11 is 0. The van der Waals surface area contributed by atoms with Gasteiger partial charge in [0.05, 0.1) is 6.54 Å². The number of aromatic nitrogens is 2. The largest absolute Gasteiger partial charge is 0.363 e. The number of carbonyl (C=O) groups excluding carboxylic acids is 2. The van der Waals surface area contributed by atoms with E-state index in [1.165, 1.54) is 0 Å². The van der Waals surface area contributed by atoms with E-state index in [0.29, 0.717) is 24.6 Å². The Morgan fingerprint density at radius 2 is 1.77 bits per heavy atom. The molecule has 0 atom stereocenters. The number of amides is 2. The number of aryl methyl sites for hydroxylation is 1. The lowest BCUT2D eigenvalue weighted by Crippen LogP contribution is -2.38. The van der Waals surface area contributed by atoms with Crippen molar-refractivity contribution in [3.8, 4) is 0 Å². The van der Waals surface area contributed by atoms with Gasteiger partial charge in [0.1, 0.15) is 5.82 Å². The molecule has 1 aromatic heterocycles. The fourth-order valence-corrected chi connectivity index (χ4v) is 2.15. The first-order valence-corrected chi connectivity index (χ1v) is 8.32. The maximum atomic E-state index is 11.9. The molecule has 0 saturated carbocycles. The molecule has 0 fully saturated rings. The average Bonchev–Trinajstić information content (AvgIpc) is 2.63. The Hall–Kier alpha value is -3.16. The van der Waals surface area contributed by atoms with Crippen molar-refractivity contribution in [1.82, 2.24) is 20.6 Å². The van der Waals surface area contributed by atoms with Crippen molar-refractivity contribution < 1.29 is 9.59 Å². The summed E-state index contributed by atoms with van der Waals surface area (Å²) in [4.78, 5) is 34.2. The second-order valence-corrected chi connectivity index (χ2v) is 5.91. The topological polar surface area (TPSA) is 99.3 Å². The molecule has 26 heavy (non-hydrogen) atoms. The number of hydrogen-bond donors (Lipinski definition) is 3. The third-order valence-electron chi connectivity index (χ3n) is 3.47. The van der Waals surface area contributed by atoms with E-state index in [4.69, 9.17) is 0 Å². The van der Waals surface area contributed by atoms with Crippen molar-refractivity contribution >= 4 is 23.6 Å². The van der Waals surface area contributed by atoms with Crippen molar-refractivity contribution in [2.24, 2.45) is 0 Å². The molecule has 0 aliphatic carbocycles. The zero-order valence-electron chi connectivity index (χ0n) is 15.2. The molecule has 0 spiro atoms. The lowest BCUT2D eigenvalue weighted by molar-refractivity contribution is -0.120. The van der Waals surface area contributed by atoms with E-state index >= 15 is 0 Å². The fourth-order valence-electron chi connectivity index (χ4n) is 2.15. The Morgan fingerprint density at radius 3 is 2.46 bits per heavy atom. The van der Waals surface area contributed by atoms with Gasteiger partial charge in [0.25, 0.3) is 5.91 Å². The minimum atomic E-state index is -0.275. The molecule has 2 aromatic rings. The molecule has 0 bridgehead atoms. The molecule has 2 amide bonds. The number of rotatable bonds is 8. The van der Waals surface area contributed by atoms with Crippen molar-refractivity contribution in [3.05, 3.63) is 47.7 Å². The second-order valence-electron chi connectivity index (χ2n) is 5.91. The number of hydrogen-bond acceptors (Lipinski definition) is 6. The van der Waals surface area contributed by atoms with Gasteiger partial charge in [-0.2, -0.15) is 4.98 Å². The normalized spacial score (nSPS) is 10.1. The maximum absolute atomic E-state index is 11.9. The lowest BCUT2D eigenvalue weighted by atomic mass is 10.2. The van der Waals surface area contributed by atoms with E-state index in [2.05, 4.69) is 25.9 Å². The lowest BCUT2D eigenvalue weighted by Gasteiger charge is -2.14. The number of anilines is 2. The minimum absolute atomic E-state index is 0.0700. The number of carbonyl (C=O) groups is 2. The van der Waals surface area contributed by atoms with E-state index in [1.807, 2.05) is 38.1 Å². The summed E-state index contributed by atoms with van der Waals surface area (Å²) in [7, 11) is 3.82. The van der Waals surface area contributed by atoms with Crippen LogP contribution in [0.1, 0.15) is 16.1 Å². The second kappa shape index (κ2) is 9.36. The van der Waals surface area contributed by atoms with Crippen LogP contribution in [-0.4, -0.2) is 55.5 Å². The SMILES string of the molecule is Cc1cc(N(C)C)nc(NCCNC(=O)CNC(=O)c2ccccc2)n1. The molecule has 0 saturated heterocycles. The summed E-state index contributed by atoms with van der Waals surface area (Å²) in [5, 5.41) is 8.39. The molecule has 1 aromatic carbocycles. The van der Waals surface area contributed by atoms with Crippen LogP contribution in [0.4, 0.5) is 11.8 Å². The van der Waals surface area contributed by atoms with Crippen molar-refractivity contribution in [2.45, 2.75) is 6.92 Å². The summed E-state index contributed by atoms with van der Waals surface area (Å²) < 4.78 is 0. The number of benzene rings is 1. The summed E-state index contributed by atoms with van der Waals surface area (Å²) in [5.74, 6) is 0.798. The van der Waals surface area contributed by atoms with Gasteiger partial charge in [-0.15, -0.1) is 0 Å². The monoisotopic (exact) mass is 356 g/mol. The highest BCUT2D eigenvalue weighted by Gasteiger charge is 2.07. The number of nitrogens with zero attached hydrogens (tertiary/aromatic N) is 3. The van der Waals surface area contributed by atoms with E-state index < -0.39 is 0 Å². The summed E-state index contributed by atoms with van der Waals surface area (Å²) in [6.07, 6.45) is 0. The standard InChI is InChI=1S/C18H24N6O2/c1-13-11-15(24(2)3)23-18(22-13)20-10-9-19-16(25)12-21-17(26)14-7-5-4-6-8-14/h4-8,11H,9-10,12H2,1-3H3,(H,19,25)(H,21,26)(H,20,22,23). The van der Waals surface area contributed by atoms with Gasteiger partial charge in [0.15, 0.2) is 0 Å². The predicted molar refractivity (Wildman–Crippen MR) is 101 cm³/mol. The smallest absolute Gasteiger partial charge is 0.251 e. The van der Waals surface area contributed by atoms with E-state index in [1.54, 1.807) is 24.3 Å². The van der Waals surface area contributed by atoms with E-state index in [9.17, 15) is 9.59 Å². The Kier molecular flexibility index (Phi) is 6.90. The highest BCUT2D eigenvalue weighted by atomic mass is 16.2. The molecule has 0 aliphatic heterocycles. The van der Waals surface area contributed by atoms with Crippen LogP contribution in [0.25, 0.3) is 0 Å². The fraction of sp³-hybridized carbons (Fsp3) is 0.333. The van der Waals surface area contributed by atoms with Gasteiger partial charge in [-0.1, -0.05) is 18.2 Å². The zero-order chi connectivity index (χ0) is 18.9. The molecule has 8 heteroatoms. The molecule has 2 rings (SSSR count). The van der Waals surface area contributed by atoms with Gasteiger partial charge in [-0.25, -0.2) is 4.98 Å². The zero-order valence-corrected chi connectivity index (χ0v) is 15.2. The van der Waals surface area contributed by atoms with Crippen molar-refractivity contribution in [3.63, 3.8) is 0 Å². The van der Waals surface area contributed by atoms with E-state index in [0.717, 1.165) is 11.5 Å². The molecule has 0 aliphatic rings. The quantitative estimate of drug-likeness (QED) is 0.606. The van der Waals surface area contributed by atoms with Gasteiger partial charge in [-0.05, 0) is 19.1 Å². The molecule has 1 heterocycles. The Labute approximate surface area is 153 Å². The van der Waals surface area contributed by atoms with Gasteiger partial charge >= 0.3 is 0 Å². The Bertz CT molecular complexity index is 749. The molecular formula is C18H24N6O2. The van der Waals surface area contributed by atoms with Crippen LogP contribution in [0.5, 0.6) is 0 Å². The highest BCUT2D eigenvalue weighted by Crippen LogP contribution is 2.11.